The number of nitrogens with two attached hydrogens (primary N) is 1. The lowest BCUT2D eigenvalue weighted by atomic mass is 10.1. The largest absolute Gasteiger partial charge is 0.348 e. The van der Waals surface area contributed by atoms with Crippen molar-refractivity contribution in [2.24, 2.45) is 5.73 Å². The first kappa shape index (κ1) is 14.6. The standard InChI is InChI=1S/C14H21FN2O/c1-3-4-9-13(16)14(18)17-10(2)11-7-5-6-8-12(11)15/h5-8,10,13H,3-4,9,16H2,1-2H3,(H,17,18)/t10?,13-/m0/s1. The maximum Gasteiger partial charge on any atom is 0.237 e. The van der Waals surface area contributed by atoms with Gasteiger partial charge in [0, 0.05) is 5.56 Å². The Balaban J connectivity index is 2.57. The molecule has 4 heteroatoms. The second kappa shape index (κ2) is 7.11. The van der Waals surface area contributed by atoms with Crippen molar-refractivity contribution >= 4 is 5.91 Å². The van der Waals surface area contributed by atoms with Gasteiger partial charge in [-0.15, -0.1) is 0 Å². The molecule has 18 heavy (non-hydrogen) atoms. The van der Waals surface area contributed by atoms with Crippen molar-refractivity contribution in [1.82, 2.24) is 5.32 Å². The summed E-state index contributed by atoms with van der Waals surface area (Å²) in [5, 5.41) is 2.74. The highest BCUT2D eigenvalue weighted by Gasteiger charge is 2.17. The van der Waals surface area contributed by atoms with Crippen molar-refractivity contribution in [3.63, 3.8) is 0 Å². The summed E-state index contributed by atoms with van der Waals surface area (Å²) in [6.07, 6.45) is 2.58. The molecule has 0 aliphatic carbocycles. The van der Waals surface area contributed by atoms with E-state index in [2.05, 4.69) is 5.32 Å². The Morgan fingerprint density at radius 3 is 2.72 bits per heavy atom. The van der Waals surface area contributed by atoms with Gasteiger partial charge in [0.2, 0.25) is 5.91 Å². The molecule has 3 N–H and O–H groups in total. The highest BCUT2D eigenvalue weighted by Crippen LogP contribution is 2.16. The second-order valence-electron chi connectivity index (χ2n) is 4.50. The van der Waals surface area contributed by atoms with Crippen molar-refractivity contribution < 1.29 is 9.18 Å². The monoisotopic (exact) mass is 252 g/mol. The van der Waals surface area contributed by atoms with Crippen LogP contribution >= 0.6 is 0 Å². The molecule has 0 bridgehead atoms. The summed E-state index contributed by atoms with van der Waals surface area (Å²) in [7, 11) is 0. The number of hydrogen-bond acceptors (Lipinski definition) is 2. The molecule has 1 aromatic carbocycles. The normalized spacial score (nSPS) is 14.0. The van der Waals surface area contributed by atoms with Gasteiger partial charge < -0.3 is 11.1 Å². The van der Waals surface area contributed by atoms with Gasteiger partial charge in [-0.05, 0) is 19.4 Å². The van der Waals surface area contributed by atoms with Gasteiger partial charge in [0.1, 0.15) is 5.82 Å². The van der Waals surface area contributed by atoms with E-state index in [-0.39, 0.29) is 17.8 Å². The molecule has 0 saturated carbocycles. The van der Waals surface area contributed by atoms with Crippen molar-refractivity contribution in [1.29, 1.82) is 0 Å². The summed E-state index contributed by atoms with van der Waals surface area (Å²) in [6.45, 7) is 3.80. The quantitative estimate of drug-likeness (QED) is 0.817. The number of rotatable bonds is 6. The molecule has 1 amide bonds. The van der Waals surface area contributed by atoms with Crippen molar-refractivity contribution in [2.75, 3.05) is 0 Å². The van der Waals surface area contributed by atoms with Crippen LogP contribution in [0.4, 0.5) is 4.39 Å². The van der Waals surface area contributed by atoms with Crippen molar-refractivity contribution in [3.05, 3.63) is 35.6 Å². The number of halogens is 1. The lowest BCUT2D eigenvalue weighted by Crippen LogP contribution is -2.41. The molecule has 0 saturated heterocycles. The average Bonchev–Trinajstić information content (AvgIpc) is 2.36. The highest BCUT2D eigenvalue weighted by molar-refractivity contribution is 5.81. The molecule has 0 spiro atoms. The predicted octanol–water partition coefficient (Wildman–Crippen LogP) is 2.52. The number of benzene rings is 1. The molecule has 0 aliphatic rings. The highest BCUT2D eigenvalue weighted by atomic mass is 19.1. The van der Waals surface area contributed by atoms with Gasteiger partial charge in [0.15, 0.2) is 0 Å². The first-order valence-corrected chi connectivity index (χ1v) is 6.36. The van der Waals surface area contributed by atoms with E-state index in [0.29, 0.717) is 12.0 Å². The van der Waals surface area contributed by atoms with Gasteiger partial charge in [0.25, 0.3) is 0 Å². The first-order chi connectivity index (χ1) is 8.56. The third-order valence-electron chi connectivity index (χ3n) is 2.94. The second-order valence-corrected chi connectivity index (χ2v) is 4.50. The molecule has 1 unspecified atom stereocenters. The molecule has 100 valence electrons. The number of amides is 1. The van der Waals surface area contributed by atoms with Gasteiger partial charge in [-0.3, -0.25) is 4.79 Å². The Labute approximate surface area is 108 Å². The number of carbonyl (C=O) groups excluding carboxylic acids is 1. The van der Waals surface area contributed by atoms with Crippen LogP contribution < -0.4 is 11.1 Å². The van der Waals surface area contributed by atoms with Crippen LogP contribution in [0.3, 0.4) is 0 Å². The molecule has 2 atom stereocenters. The van der Waals surface area contributed by atoms with Crippen LogP contribution in [0.1, 0.15) is 44.7 Å². The molecule has 1 aromatic rings. The molecule has 0 aliphatic heterocycles. The van der Waals surface area contributed by atoms with E-state index in [9.17, 15) is 9.18 Å². The Kier molecular flexibility index (Phi) is 5.78. The molecule has 0 heterocycles. The Morgan fingerprint density at radius 2 is 2.11 bits per heavy atom. The zero-order valence-corrected chi connectivity index (χ0v) is 10.9. The molecule has 0 fully saturated rings. The van der Waals surface area contributed by atoms with E-state index < -0.39 is 6.04 Å². The average molecular weight is 252 g/mol. The van der Waals surface area contributed by atoms with Crippen LogP contribution in [0.5, 0.6) is 0 Å². The van der Waals surface area contributed by atoms with Gasteiger partial charge in [0.05, 0.1) is 12.1 Å². The number of nitrogens with one attached hydrogen (secondary N) is 1. The summed E-state index contributed by atoms with van der Waals surface area (Å²) in [5.74, 6) is -0.536. The van der Waals surface area contributed by atoms with E-state index in [1.807, 2.05) is 6.92 Å². The summed E-state index contributed by atoms with van der Waals surface area (Å²) in [4.78, 5) is 11.8. The number of unbranched alkanes of at least 4 members (excludes halogenated alkanes) is 1. The molecule has 0 aromatic heterocycles. The minimum Gasteiger partial charge on any atom is -0.348 e. The Bertz CT molecular complexity index is 395. The van der Waals surface area contributed by atoms with Crippen LogP contribution in [0.15, 0.2) is 24.3 Å². The topological polar surface area (TPSA) is 55.1 Å². The summed E-state index contributed by atoms with van der Waals surface area (Å²) in [6, 6.07) is 5.54. The molecule has 3 nitrogen and oxygen atoms in total. The van der Waals surface area contributed by atoms with Gasteiger partial charge >= 0.3 is 0 Å². The minimum atomic E-state index is -0.515. The smallest absolute Gasteiger partial charge is 0.237 e. The molecule has 0 radical (unpaired) electrons. The lowest BCUT2D eigenvalue weighted by Gasteiger charge is -2.18. The summed E-state index contributed by atoms with van der Waals surface area (Å²) < 4.78 is 13.5. The first-order valence-electron chi connectivity index (χ1n) is 6.36. The third kappa shape index (κ3) is 4.11. The van der Waals surface area contributed by atoms with Crippen LogP contribution in [0.2, 0.25) is 0 Å². The van der Waals surface area contributed by atoms with Crippen molar-refractivity contribution in [2.45, 2.75) is 45.2 Å². The van der Waals surface area contributed by atoms with E-state index in [0.717, 1.165) is 12.8 Å². The van der Waals surface area contributed by atoms with Crippen LogP contribution in [-0.2, 0) is 4.79 Å². The summed E-state index contributed by atoms with van der Waals surface area (Å²) in [5.41, 5.74) is 6.24. The third-order valence-corrected chi connectivity index (χ3v) is 2.94. The maximum atomic E-state index is 13.5. The van der Waals surface area contributed by atoms with Gasteiger partial charge in [-0.25, -0.2) is 4.39 Å². The fraction of sp³-hybridized carbons (Fsp3) is 0.500. The summed E-state index contributed by atoms with van der Waals surface area (Å²) >= 11 is 0. The predicted molar refractivity (Wildman–Crippen MR) is 70.5 cm³/mol. The fourth-order valence-electron chi connectivity index (χ4n) is 1.78. The van der Waals surface area contributed by atoms with Crippen LogP contribution in [0.25, 0.3) is 0 Å². The van der Waals surface area contributed by atoms with E-state index in [1.165, 1.54) is 6.07 Å². The number of hydrogen-bond donors (Lipinski definition) is 2. The molecule has 1 rings (SSSR count). The van der Waals surface area contributed by atoms with E-state index in [1.54, 1.807) is 25.1 Å². The molecular formula is C14H21FN2O. The lowest BCUT2D eigenvalue weighted by molar-refractivity contribution is -0.123. The van der Waals surface area contributed by atoms with E-state index in [4.69, 9.17) is 5.73 Å². The van der Waals surface area contributed by atoms with Crippen LogP contribution in [-0.4, -0.2) is 11.9 Å². The SMILES string of the molecule is CCCC[C@H](N)C(=O)NC(C)c1ccccc1F. The van der Waals surface area contributed by atoms with Crippen molar-refractivity contribution in [3.8, 4) is 0 Å². The van der Waals surface area contributed by atoms with E-state index >= 15 is 0 Å². The minimum absolute atomic E-state index is 0.223. The van der Waals surface area contributed by atoms with Crippen LogP contribution in [0, 0.1) is 5.82 Å². The Morgan fingerprint density at radius 1 is 1.44 bits per heavy atom. The fourth-order valence-corrected chi connectivity index (χ4v) is 1.78. The molecular weight excluding hydrogens is 231 g/mol. The maximum absolute atomic E-state index is 13.5. The van der Waals surface area contributed by atoms with Gasteiger partial charge in [-0.1, -0.05) is 38.0 Å². The zero-order valence-electron chi connectivity index (χ0n) is 10.9. The Hall–Kier alpha value is -1.42. The van der Waals surface area contributed by atoms with Gasteiger partial charge in [-0.2, -0.15) is 0 Å². The number of carbonyl (C=O) groups is 1. The zero-order chi connectivity index (χ0) is 13.5.